The van der Waals surface area contributed by atoms with Crippen molar-refractivity contribution in [3.8, 4) is 0 Å². The van der Waals surface area contributed by atoms with Crippen LogP contribution in [0.5, 0.6) is 0 Å². The van der Waals surface area contributed by atoms with E-state index in [1.807, 2.05) is 0 Å². The Hall–Kier alpha value is -1.75. The summed E-state index contributed by atoms with van der Waals surface area (Å²) >= 11 is 0. The zero-order valence-corrected chi connectivity index (χ0v) is 9.37. The van der Waals surface area contributed by atoms with Crippen LogP contribution in [0.15, 0.2) is 30.6 Å². The highest BCUT2D eigenvalue weighted by Crippen LogP contribution is 2.18. The van der Waals surface area contributed by atoms with Crippen LogP contribution in [0.1, 0.15) is 17.4 Å². The van der Waals surface area contributed by atoms with E-state index < -0.39 is 11.6 Å². The molecule has 2 aromatic rings. The van der Waals surface area contributed by atoms with Gasteiger partial charge in [0, 0.05) is 24.9 Å². The van der Waals surface area contributed by atoms with E-state index in [1.54, 1.807) is 25.5 Å². The third kappa shape index (κ3) is 2.68. The number of nitrogens with zero attached hydrogens (tertiary/aromatic N) is 1. The zero-order chi connectivity index (χ0) is 12.3. The molecule has 17 heavy (non-hydrogen) atoms. The molecule has 0 bridgehead atoms. The summed E-state index contributed by atoms with van der Waals surface area (Å²) in [6, 6.07) is 3.82. The Balaban J connectivity index is 2.20. The van der Waals surface area contributed by atoms with Crippen molar-refractivity contribution in [3.63, 3.8) is 0 Å². The first-order valence-corrected chi connectivity index (χ1v) is 5.31. The molecule has 1 unspecified atom stereocenters. The number of nitrogens with one attached hydrogen (secondary N) is 2. The fourth-order valence-corrected chi connectivity index (χ4v) is 1.72. The maximum absolute atomic E-state index is 13.1. The Kier molecular flexibility index (Phi) is 3.49. The lowest BCUT2D eigenvalue weighted by atomic mass is 10.0. The molecule has 0 aliphatic heterocycles. The quantitative estimate of drug-likeness (QED) is 0.855. The van der Waals surface area contributed by atoms with Crippen molar-refractivity contribution in [1.29, 1.82) is 0 Å². The van der Waals surface area contributed by atoms with Crippen LogP contribution in [0, 0.1) is 11.6 Å². The minimum Gasteiger partial charge on any atom is -0.349 e. The number of H-pyrrole nitrogens is 1. The van der Waals surface area contributed by atoms with Crippen LogP contribution in [-0.4, -0.2) is 17.0 Å². The number of hydrogen-bond donors (Lipinski definition) is 2. The van der Waals surface area contributed by atoms with E-state index in [9.17, 15) is 8.78 Å². The highest BCUT2D eigenvalue weighted by atomic mass is 19.2. The SMILES string of the molecule is CNC(Cc1ncc[nH]1)c1ccc(F)c(F)c1. The summed E-state index contributed by atoms with van der Waals surface area (Å²) in [4.78, 5) is 7.08. The third-order valence-corrected chi connectivity index (χ3v) is 2.65. The van der Waals surface area contributed by atoms with Gasteiger partial charge in [-0.1, -0.05) is 6.07 Å². The summed E-state index contributed by atoms with van der Waals surface area (Å²) in [5, 5.41) is 3.05. The van der Waals surface area contributed by atoms with Gasteiger partial charge in [-0.15, -0.1) is 0 Å². The Labute approximate surface area is 97.9 Å². The fourth-order valence-electron chi connectivity index (χ4n) is 1.72. The Bertz CT molecular complexity index is 483. The van der Waals surface area contributed by atoms with Crippen LogP contribution in [0.3, 0.4) is 0 Å². The Morgan fingerprint density at radius 1 is 1.35 bits per heavy atom. The van der Waals surface area contributed by atoms with Gasteiger partial charge in [0.25, 0.3) is 0 Å². The first-order valence-electron chi connectivity index (χ1n) is 5.31. The van der Waals surface area contributed by atoms with Crippen LogP contribution in [0.2, 0.25) is 0 Å². The number of rotatable bonds is 4. The summed E-state index contributed by atoms with van der Waals surface area (Å²) in [6.07, 6.45) is 3.98. The number of aromatic amines is 1. The van der Waals surface area contributed by atoms with Gasteiger partial charge in [-0.3, -0.25) is 0 Å². The van der Waals surface area contributed by atoms with Gasteiger partial charge < -0.3 is 10.3 Å². The van der Waals surface area contributed by atoms with Gasteiger partial charge in [0.05, 0.1) is 0 Å². The van der Waals surface area contributed by atoms with Crippen molar-refractivity contribution < 1.29 is 8.78 Å². The minimum absolute atomic E-state index is 0.101. The van der Waals surface area contributed by atoms with E-state index in [0.29, 0.717) is 12.0 Å². The van der Waals surface area contributed by atoms with E-state index >= 15 is 0 Å². The van der Waals surface area contributed by atoms with Crippen molar-refractivity contribution in [1.82, 2.24) is 15.3 Å². The predicted octanol–water partition coefficient (Wildman–Crippen LogP) is 2.19. The molecule has 0 fully saturated rings. The summed E-state index contributed by atoms with van der Waals surface area (Å²) in [6.45, 7) is 0. The maximum atomic E-state index is 13.1. The molecule has 0 saturated heterocycles. The second kappa shape index (κ2) is 5.05. The lowest BCUT2D eigenvalue weighted by Gasteiger charge is -2.15. The fraction of sp³-hybridized carbons (Fsp3) is 0.250. The van der Waals surface area contributed by atoms with E-state index in [-0.39, 0.29) is 6.04 Å². The molecule has 1 aromatic carbocycles. The van der Waals surface area contributed by atoms with E-state index in [0.717, 1.165) is 11.9 Å². The van der Waals surface area contributed by atoms with Crippen molar-refractivity contribution >= 4 is 0 Å². The van der Waals surface area contributed by atoms with Gasteiger partial charge in [0.15, 0.2) is 11.6 Å². The van der Waals surface area contributed by atoms with Crippen LogP contribution in [0.4, 0.5) is 8.78 Å². The van der Waals surface area contributed by atoms with Crippen LogP contribution in [0.25, 0.3) is 0 Å². The van der Waals surface area contributed by atoms with Crippen molar-refractivity contribution in [3.05, 3.63) is 53.6 Å². The highest BCUT2D eigenvalue weighted by molar-refractivity contribution is 5.22. The summed E-state index contributed by atoms with van der Waals surface area (Å²) in [5.74, 6) is -0.863. The highest BCUT2D eigenvalue weighted by Gasteiger charge is 2.13. The third-order valence-electron chi connectivity index (χ3n) is 2.65. The van der Waals surface area contributed by atoms with Crippen LogP contribution >= 0.6 is 0 Å². The maximum Gasteiger partial charge on any atom is 0.159 e. The van der Waals surface area contributed by atoms with Gasteiger partial charge in [-0.25, -0.2) is 13.8 Å². The Morgan fingerprint density at radius 3 is 2.76 bits per heavy atom. The second-order valence-electron chi connectivity index (χ2n) is 3.75. The lowest BCUT2D eigenvalue weighted by Crippen LogP contribution is -2.19. The number of halogens is 2. The molecular formula is C12H13F2N3. The normalized spacial score (nSPS) is 12.6. The molecular weight excluding hydrogens is 224 g/mol. The molecule has 2 rings (SSSR count). The van der Waals surface area contributed by atoms with Crippen molar-refractivity contribution in [2.24, 2.45) is 0 Å². The number of aromatic nitrogens is 2. The zero-order valence-electron chi connectivity index (χ0n) is 9.37. The number of imidazole rings is 1. The molecule has 0 spiro atoms. The van der Waals surface area contributed by atoms with Crippen molar-refractivity contribution in [2.75, 3.05) is 7.05 Å². The molecule has 90 valence electrons. The number of hydrogen-bond acceptors (Lipinski definition) is 2. The van der Waals surface area contributed by atoms with E-state index in [4.69, 9.17) is 0 Å². The van der Waals surface area contributed by atoms with Gasteiger partial charge in [0.1, 0.15) is 5.82 Å². The van der Waals surface area contributed by atoms with E-state index in [2.05, 4.69) is 15.3 Å². The lowest BCUT2D eigenvalue weighted by molar-refractivity contribution is 0.500. The molecule has 1 aromatic heterocycles. The largest absolute Gasteiger partial charge is 0.349 e. The summed E-state index contributed by atoms with van der Waals surface area (Å²) in [7, 11) is 1.77. The molecule has 0 aliphatic rings. The molecule has 0 aliphatic carbocycles. The van der Waals surface area contributed by atoms with Gasteiger partial charge in [-0.05, 0) is 24.7 Å². The van der Waals surface area contributed by atoms with E-state index in [1.165, 1.54) is 6.07 Å². The number of benzene rings is 1. The van der Waals surface area contributed by atoms with Crippen molar-refractivity contribution in [2.45, 2.75) is 12.5 Å². The molecule has 0 amide bonds. The van der Waals surface area contributed by atoms with Gasteiger partial charge in [-0.2, -0.15) is 0 Å². The molecule has 0 radical (unpaired) electrons. The molecule has 5 heteroatoms. The molecule has 0 saturated carbocycles. The van der Waals surface area contributed by atoms with Crippen LogP contribution in [-0.2, 0) is 6.42 Å². The Morgan fingerprint density at radius 2 is 2.18 bits per heavy atom. The smallest absolute Gasteiger partial charge is 0.159 e. The summed E-state index contributed by atoms with van der Waals surface area (Å²) < 4.78 is 26.0. The predicted molar refractivity (Wildman–Crippen MR) is 60.5 cm³/mol. The second-order valence-corrected chi connectivity index (χ2v) is 3.75. The summed E-state index contributed by atoms with van der Waals surface area (Å²) in [5.41, 5.74) is 0.697. The molecule has 1 heterocycles. The first-order chi connectivity index (χ1) is 8.20. The standard InChI is InChI=1S/C12H13F2N3/c1-15-11(7-12-16-4-5-17-12)8-2-3-9(13)10(14)6-8/h2-6,11,15H,7H2,1H3,(H,16,17). The minimum atomic E-state index is -0.832. The number of likely N-dealkylation sites (N-methyl/N-ethyl adjacent to an activating group) is 1. The average Bonchev–Trinajstić information content (AvgIpc) is 2.82. The molecule has 2 N–H and O–H groups in total. The monoisotopic (exact) mass is 237 g/mol. The topological polar surface area (TPSA) is 40.7 Å². The van der Waals surface area contributed by atoms with Crippen LogP contribution < -0.4 is 5.32 Å². The molecule has 1 atom stereocenters. The average molecular weight is 237 g/mol. The van der Waals surface area contributed by atoms with Gasteiger partial charge >= 0.3 is 0 Å². The molecule has 3 nitrogen and oxygen atoms in total. The van der Waals surface area contributed by atoms with Gasteiger partial charge in [0.2, 0.25) is 0 Å². The first kappa shape index (κ1) is 11.7.